The Morgan fingerprint density at radius 1 is 1.07 bits per heavy atom. The van der Waals surface area contributed by atoms with E-state index in [4.69, 9.17) is 23.7 Å². The number of piperidine rings is 1. The minimum absolute atomic E-state index is 0.0693. The molecule has 150 valence electrons. The van der Waals surface area contributed by atoms with Crippen LogP contribution in [0.25, 0.3) is 0 Å². The summed E-state index contributed by atoms with van der Waals surface area (Å²) in [6.45, 7) is 3.42. The molecule has 2 saturated heterocycles. The standard InChI is InChI=1S/C19H28N2O6/c1-23-15-10-14(11-16(24-2)18(15)25-3)20-17(22)12-21-6-4-13(5-7-21)19-26-8-9-27-19/h10-11,13,19H,4-9,12H2,1-3H3,(H,20,22). The van der Waals surface area contributed by atoms with Gasteiger partial charge in [-0.15, -0.1) is 0 Å². The smallest absolute Gasteiger partial charge is 0.238 e. The van der Waals surface area contributed by atoms with E-state index in [1.807, 2.05) is 0 Å². The number of benzene rings is 1. The van der Waals surface area contributed by atoms with Crippen LogP contribution in [0.4, 0.5) is 5.69 Å². The summed E-state index contributed by atoms with van der Waals surface area (Å²) >= 11 is 0. The fourth-order valence-corrected chi connectivity index (χ4v) is 3.59. The molecule has 0 unspecified atom stereocenters. The molecule has 2 fully saturated rings. The Morgan fingerprint density at radius 2 is 1.67 bits per heavy atom. The maximum absolute atomic E-state index is 12.5. The Hall–Kier alpha value is -2.03. The third-order valence-corrected chi connectivity index (χ3v) is 4.98. The SMILES string of the molecule is COc1cc(NC(=O)CN2CCC(C3OCCO3)CC2)cc(OC)c1OC. The van der Waals surface area contributed by atoms with E-state index in [1.54, 1.807) is 33.5 Å². The van der Waals surface area contributed by atoms with Gasteiger partial charge in [-0.3, -0.25) is 9.69 Å². The zero-order valence-electron chi connectivity index (χ0n) is 16.2. The van der Waals surface area contributed by atoms with Crippen molar-refractivity contribution in [2.45, 2.75) is 19.1 Å². The number of amides is 1. The van der Waals surface area contributed by atoms with Crippen molar-refractivity contribution in [3.8, 4) is 17.2 Å². The van der Waals surface area contributed by atoms with E-state index in [2.05, 4.69) is 10.2 Å². The van der Waals surface area contributed by atoms with Crippen molar-refractivity contribution in [3.05, 3.63) is 12.1 Å². The molecule has 0 radical (unpaired) electrons. The van der Waals surface area contributed by atoms with Gasteiger partial charge in [0.2, 0.25) is 11.7 Å². The van der Waals surface area contributed by atoms with Gasteiger partial charge < -0.3 is 29.0 Å². The molecule has 1 aromatic carbocycles. The molecule has 2 aliphatic rings. The van der Waals surface area contributed by atoms with E-state index in [0.29, 0.717) is 48.6 Å². The van der Waals surface area contributed by atoms with E-state index in [9.17, 15) is 4.79 Å². The highest BCUT2D eigenvalue weighted by Gasteiger charge is 2.30. The first-order valence-electron chi connectivity index (χ1n) is 9.20. The number of hydrogen-bond acceptors (Lipinski definition) is 7. The van der Waals surface area contributed by atoms with Crippen molar-refractivity contribution in [1.82, 2.24) is 4.90 Å². The fraction of sp³-hybridized carbons (Fsp3) is 0.632. The molecule has 3 rings (SSSR count). The highest BCUT2D eigenvalue weighted by Crippen LogP contribution is 2.39. The average Bonchev–Trinajstić information content (AvgIpc) is 3.22. The van der Waals surface area contributed by atoms with Crippen LogP contribution in [0, 0.1) is 5.92 Å². The van der Waals surface area contributed by atoms with E-state index in [1.165, 1.54) is 0 Å². The molecule has 2 heterocycles. The third-order valence-electron chi connectivity index (χ3n) is 4.98. The minimum Gasteiger partial charge on any atom is -0.493 e. The number of nitrogens with one attached hydrogen (secondary N) is 1. The topological polar surface area (TPSA) is 78.5 Å². The molecular weight excluding hydrogens is 352 g/mol. The monoisotopic (exact) mass is 380 g/mol. The molecular formula is C19H28N2O6. The lowest BCUT2D eigenvalue weighted by atomic mass is 9.96. The molecule has 0 atom stereocenters. The maximum Gasteiger partial charge on any atom is 0.238 e. The van der Waals surface area contributed by atoms with Gasteiger partial charge in [-0.1, -0.05) is 0 Å². The van der Waals surface area contributed by atoms with E-state index in [0.717, 1.165) is 25.9 Å². The number of hydrogen-bond donors (Lipinski definition) is 1. The lowest BCUT2D eigenvalue weighted by Crippen LogP contribution is -2.41. The van der Waals surface area contributed by atoms with Gasteiger partial charge in [-0.25, -0.2) is 0 Å². The van der Waals surface area contributed by atoms with Crippen molar-refractivity contribution >= 4 is 11.6 Å². The molecule has 0 aliphatic carbocycles. The van der Waals surface area contributed by atoms with Crippen LogP contribution in [0.5, 0.6) is 17.2 Å². The van der Waals surface area contributed by atoms with Crippen LogP contribution in [-0.4, -0.2) is 71.3 Å². The average molecular weight is 380 g/mol. The molecule has 0 saturated carbocycles. The number of rotatable bonds is 7. The number of carbonyl (C=O) groups excluding carboxylic acids is 1. The summed E-state index contributed by atoms with van der Waals surface area (Å²) in [6.07, 6.45) is 1.88. The summed E-state index contributed by atoms with van der Waals surface area (Å²) < 4.78 is 27.1. The fourth-order valence-electron chi connectivity index (χ4n) is 3.59. The van der Waals surface area contributed by atoms with Gasteiger partial charge >= 0.3 is 0 Å². The highest BCUT2D eigenvalue weighted by atomic mass is 16.7. The van der Waals surface area contributed by atoms with Gasteiger partial charge in [0.05, 0.1) is 41.1 Å². The van der Waals surface area contributed by atoms with E-state index < -0.39 is 0 Å². The Morgan fingerprint density at radius 3 is 2.19 bits per heavy atom. The van der Waals surface area contributed by atoms with Crippen LogP contribution >= 0.6 is 0 Å². The molecule has 0 spiro atoms. The predicted octanol–water partition coefficient (Wildman–Crippen LogP) is 1.74. The number of nitrogens with zero attached hydrogens (tertiary/aromatic N) is 1. The van der Waals surface area contributed by atoms with Gasteiger partial charge in [-0.2, -0.15) is 0 Å². The van der Waals surface area contributed by atoms with Crippen molar-refractivity contribution < 1.29 is 28.5 Å². The third kappa shape index (κ3) is 4.82. The molecule has 2 aliphatic heterocycles. The van der Waals surface area contributed by atoms with Crippen LogP contribution in [0.2, 0.25) is 0 Å². The van der Waals surface area contributed by atoms with Gasteiger partial charge in [-0.05, 0) is 25.9 Å². The van der Waals surface area contributed by atoms with Crippen LogP contribution in [0.3, 0.4) is 0 Å². The van der Waals surface area contributed by atoms with Crippen molar-refractivity contribution in [2.75, 3.05) is 59.5 Å². The second-order valence-electron chi connectivity index (χ2n) is 6.69. The van der Waals surface area contributed by atoms with Crippen LogP contribution in [-0.2, 0) is 14.3 Å². The lowest BCUT2D eigenvalue weighted by Gasteiger charge is -2.33. The molecule has 1 N–H and O–H groups in total. The maximum atomic E-state index is 12.5. The van der Waals surface area contributed by atoms with Gasteiger partial charge in [0.15, 0.2) is 17.8 Å². The second kappa shape index (κ2) is 9.25. The molecule has 0 aromatic heterocycles. The quantitative estimate of drug-likeness (QED) is 0.772. The molecule has 1 aromatic rings. The molecule has 27 heavy (non-hydrogen) atoms. The van der Waals surface area contributed by atoms with Crippen molar-refractivity contribution in [1.29, 1.82) is 0 Å². The van der Waals surface area contributed by atoms with Crippen molar-refractivity contribution in [3.63, 3.8) is 0 Å². The first-order chi connectivity index (χ1) is 13.1. The zero-order valence-corrected chi connectivity index (χ0v) is 16.2. The zero-order chi connectivity index (χ0) is 19.2. The first kappa shape index (κ1) is 19.7. The van der Waals surface area contributed by atoms with Crippen LogP contribution in [0.1, 0.15) is 12.8 Å². The van der Waals surface area contributed by atoms with Crippen LogP contribution in [0.15, 0.2) is 12.1 Å². The Balaban J connectivity index is 1.53. The summed E-state index contributed by atoms with van der Waals surface area (Å²) in [5, 5.41) is 2.91. The predicted molar refractivity (Wildman–Crippen MR) is 99.6 cm³/mol. The first-order valence-corrected chi connectivity index (χ1v) is 9.20. The number of carbonyl (C=O) groups is 1. The van der Waals surface area contributed by atoms with E-state index in [-0.39, 0.29) is 12.2 Å². The Labute approximate surface area is 159 Å². The number of ether oxygens (including phenoxy) is 5. The van der Waals surface area contributed by atoms with Crippen LogP contribution < -0.4 is 19.5 Å². The largest absolute Gasteiger partial charge is 0.493 e. The molecule has 0 bridgehead atoms. The van der Waals surface area contributed by atoms with Gasteiger partial charge in [0, 0.05) is 23.7 Å². The minimum atomic E-state index is -0.0731. The van der Waals surface area contributed by atoms with Crippen molar-refractivity contribution in [2.24, 2.45) is 5.92 Å². The number of likely N-dealkylation sites (tertiary alicyclic amines) is 1. The Kier molecular flexibility index (Phi) is 6.76. The summed E-state index contributed by atoms with van der Waals surface area (Å²) in [7, 11) is 4.64. The summed E-state index contributed by atoms with van der Waals surface area (Å²) in [5.74, 6) is 1.85. The summed E-state index contributed by atoms with van der Waals surface area (Å²) in [4.78, 5) is 14.6. The second-order valence-corrected chi connectivity index (χ2v) is 6.69. The van der Waals surface area contributed by atoms with E-state index >= 15 is 0 Å². The van der Waals surface area contributed by atoms with Gasteiger partial charge in [0.25, 0.3) is 0 Å². The summed E-state index contributed by atoms with van der Waals surface area (Å²) in [6, 6.07) is 3.44. The molecule has 8 heteroatoms. The van der Waals surface area contributed by atoms with Gasteiger partial charge in [0.1, 0.15) is 0 Å². The normalized spacial score (nSPS) is 19.1. The summed E-state index contributed by atoms with van der Waals surface area (Å²) in [5.41, 5.74) is 0.608. The Bertz CT molecular complexity index is 614. The number of anilines is 1. The molecule has 1 amide bonds. The number of methoxy groups -OCH3 is 3. The highest BCUT2D eigenvalue weighted by molar-refractivity contribution is 5.93. The lowest BCUT2D eigenvalue weighted by molar-refractivity contribution is -0.119. The molecule has 8 nitrogen and oxygen atoms in total.